The molecule has 1 aromatic rings. The van der Waals surface area contributed by atoms with E-state index in [9.17, 15) is 13.5 Å². The van der Waals surface area contributed by atoms with Crippen LogP contribution in [0.2, 0.25) is 0 Å². The Morgan fingerprint density at radius 2 is 2.00 bits per heavy atom. The molecule has 1 fully saturated rings. The fourth-order valence-corrected chi connectivity index (χ4v) is 3.91. The Hall–Kier alpha value is -1.42. The Morgan fingerprint density at radius 1 is 1.29 bits per heavy atom. The number of nitrogens with zero attached hydrogens (tertiary/aromatic N) is 2. The molecule has 0 radical (unpaired) electrons. The molecule has 1 aliphatic heterocycles. The highest BCUT2D eigenvalue weighted by Crippen LogP contribution is 2.18. The van der Waals surface area contributed by atoms with Crippen molar-refractivity contribution in [3.63, 3.8) is 0 Å². The second kappa shape index (κ2) is 7.03. The molecule has 1 unspecified atom stereocenters. The maximum atomic E-state index is 12.3. The van der Waals surface area contributed by atoms with E-state index in [1.54, 1.807) is 0 Å². The van der Waals surface area contributed by atoms with Crippen LogP contribution in [0, 0.1) is 11.3 Å². The minimum absolute atomic E-state index is 0.0371. The summed E-state index contributed by atoms with van der Waals surface area (Å²) in [5.41, 5.74) is 0.449. The summed E-state index contributed by atoms with van der Waals surface area (Å²) in [5.74, 6) is 0.0371. The standard InChI is InChI=1S/C15H20N2O3S/c16-11-13-4-6-15(7-5-13)21(19,20)10-9-17-8-2-1-3-14(17)12-18/h4-7,14,18H,1-3,8-10,12H2. The molecule has 0 saturated carbocycles. The summed E-state index contributed by atoms with van der Waals surface area (Å²) < 4.78 is 24.6. The van der Waals surface area contributed by atoms with Crippen LogP contribution in [-0.2, 0) is 9.84 Å². The van der Waals surface area contributed by atoms with Crippen molar-refractivity contribution in [3.8, 4) is 6.07 Å². The Morgan fingerprint density at radius 3 is 2.62 bits per heavy atom. The summed E-state index contributed by atoms with van der Waals surface area (Å²) in [6, 6.07) is 8.05. The summed E-state index contributed by atoms with van der Waals surface area (Å²) >= 11 is 0. The Bertz CT molecular complexity index is 605. The van der Waals surface area contributed by atoms with Gasteiger partial charge in [-0.1, -0.05) is 6.42 Å². The third kappa shape index (κ3) is 4.03. The Kier molecular flexibility index (Phi) is 5.34. The maximum Gasteiger partial charge on any atom is 0.179 e. The molecule has 0 spiro atoms. The molecule has 1 aliphatic rings. The SMILES string of the molecule is N#Cc1ccc(S(=O)(=O)CCN2CCCCC2CO)cc1. The van der Waals surface area contributed by atoms with E-state index in [4.69, 9.17) is 5.26 Å². The summed E-state index contributed by atoms with van der Waals surface area (Å²) in [7, 11) is -3.35. The summed E-state index contributed by atoms with van der Waals surface area (Å²) in [4.78, 5) is 2.31. The number of aliphatic hydroxyl groups excluding tert-OH is 1. The number of likely N-dealkylation sites (tertiary alicyclic amines) is 1. The normalized spacial score (nSPS) is 20.1. The molecule has 1 N–H and O–H groups in total. The molecule has 1 atom stereocenters. The average Bonchev–Trinajstić information content (AvgIpc) is 2.53. The van der Waals surface area contributed by atoms with Crippen LogP contribution in [0.1, 0.15) is 24.8 Å². The molecule has 6 heteroatoms. The van der Waals surface area contributed by atoms with E-state index in [0.717, 1.165) is 25.8 Å². The zero-order chi connectivity index (χ0) is 15.3. The molecule has 114 valence electrons. The third-order valence-corrected chi connectivity index (χ3v) is 5.66. The molecule has 1 heterocycles. The summed E-state index contributed by atoms with van der Waals surface area (Å²) in [6.07, 6.45) is 3.06. The monoisotopic (exact) mass is 308 g/mol. The van der Waals surface area contributed by atoms with E-state index >= 15 is 0 Å². The highest BCUT2D eigenvalue weighted by molar-refractivity contribution is 7.91. The van der Waals surface area contributed by atoms with Crippen LogP contribution in [-0.4, -0.2) is 49.9 Å². The summed E-state index contributed by atoms with van der Waals surface area (Å²) in [5, 5.41) is 18.1. The first kappa shape index (κ1) is 16.0. The van der Waals surface area contributed by atoms with Gasteiger partial charge in [0.25, 0.3) is 0 Å². The molecule has 1 saturated heterocycles. The molecular weight excluding hydrogens is 288 g/mol. The zero-order valence-electron chi connectivity index (χ0n) is 11.9. The minimum Gasteiger partial charge on any atom is -0.395 e. The van der Waals surface area contributed by atoms with Crippen LogP contribution in [0.3, 0.4) is 0 Å². The van der Waals surface area contributed by atoms with Crippen LogP contribution >= 0.6 is 0 Å². The molecule has 0 bridgehead atoms. The van der Waals surface area contributed by atoms with Crippen LogP contribution in [0.25, 0.3) is 0 Å². The van der Waals surface area contributed by atoms with Gasteiger partial charge in [0.2, 0.25) is 0 Å². The van der Waals surface area contributed by atoms with Gasteiger partial charge in [0.1, 0.15) is 0 Å². The van der Waals surface area contributed by atoms with Crippen molar-refractivity contribution in [2.75, 3.05) is 25.4 Å². The predicted octanol–water partition coefficient (Wildman–Crippen LogP) is 1.18. The van der Waals surface area contributed by atoms with Crippen molar-refractivity contribution in [3.05, 3.63) is 29.8 Å². The predicted molar refractivity (Wildman–Crippen MR) is 79.5 cm³/mol. The van der Waals surface area contributed by atoms with Gasteiger partial charge in [-0.15, -0.1) is 0 Å². The highest BCUT2D eigenvalue weighted by atomic mass is 32.2. The van der Waals surface area contributed by atoms with Crippen molar-refractivity contribution >= 4 is 9.84 Å². The smallest absolute Gasteiger partial charge is 0.179 e. The molecule has 5 nitrogen and oxygen atoms in total. The molecule has 21 heavy (non-hydrogen) atoms. The number of nitriles is 1. The first-order valence-corrected chi connectivity index (χ1v) is 8.80. The average molecular weight is 308 g/mol. The lowest BCUT2D eigenvalue weighted by atomic mass is 10.0. The van der Waals surface area contributed by atoms with Gasteiger partial charge >= 0.3 is 0 Å². The molecule has 0 aromatic heterocycles. The van der Waals surface area contributed by atoms with Crippen LogP contribution < -0.4 is 0 Å². The third-order valence-electron chi connectivity index (χ3n) is 3.95. The number of benzene rings is 1. The second-order valence-corrected chi connectivity index (χ2v) is 7.43. The van der Waals surface area contributed by atoms with Gasteiger partial charge in [-0.3, -0.25) is 4.90 Å². The van der Waals surface area contributed by atoms with Crippen LogP contribution in [0.15, 0.2) is 29.2 Å². The van der Waals surface area contributed by atoms with Gasteiger partial charge in [-0.2, -0.15) is 5.26 Å². The van der Waals surface area contributed by atoms with E-state index < -0.39 is 9.84 Å². The lowest BCUT2D eigenvalue weighted by molar-refractivity contribution is 0.0958. The van der Waals surface area contributed by atoms with Crippen molar-refractivity contribution in [1.82, 2.24) is 4.90 Å². The quantitative estimate of drug-likeness (QED) is 0.883. The van der Waals surface area contributed by atoms with Gasteiger partial charge in [-0.25, -0.2) is 8.42 Å². The number of hydrogen-bond donors (Lipinski definition) is 1. The van der Waals surface area contributed by atoms with Crippen molar-refractivity contribution < 1.29 is 13.5 Å². The van der Waals surface area contributed by atoms with Gasteiger partial charge in [0.15, 0.2) is 9.84 Å². The van der Waals surface area contributed by atoms with Gasteiger partial charge in [0, 0.05) is 12.6 Å². The fraction of sp³-hybridized carbons (Fsp3) is 0.533. The Labute approximate surface area is 125 Å². The molecular formula is C15H20N2O3S. The first-order valence-electron chi connectivity index (χ1n) is 7.14. The number of aliphatic hydroxyl groups is 1. The molecule has 1 aromatic carbocycles. The minimum atomic E-state index is -3.35. The Balaban J connectivity index is 2.01. The van der Waals surface area contributed by atoms with Crippen molar-refractivity contribution in [2.24, 2.45) is 0 Å². The fourth-order valence-electron chi connectivity index (χ4n) is 2.65. The van der Waals surface area contributed by atoms with Gasteiger partial charge < -0.3 is 5.11 Å². The molecule has 0 amide bonds. The highest BCUT2D eigenvalue weighted by Gasteiger charge is 2.24. The van der Waals surface area contributed by atoms with E-state index in [1.807, 2.05) is 6.07 Å². The van der Waals surface area contributed by atoms with E-state index in [1.165, 1.54) is 24.3 Å². The number of rotatable bonds is 5. The largest absolute Gasteiger partial charge is 0.395 e. The van der Waals surface area contributed by atoms with Crippen LogP contribution in [0.4, 0.5) is 0 Å². The lowest BCUT2D eigenvalue weighted by Crippen LogP contribution is -2.44. The lowest BCUT2D eigenvalue weighted by Gasteiger charge is -2.34. The second-order valence-electron chi connectivity index (χ2n) is 5.32. The zero-order valence-corrected chi connectivity index (χ0v) is 12.7. The van der Waals surface area contributed by atoms with E-state index in [-0.39, 0.29) is 23.3 Å². The van der Waals surface area contributed by atoms with Crippen molar-refractivity contribution in [1.29, 1.82) is 5.26 Å². The summed E-state index contributed by atoms with van der Waals surface area (Å²) in [6.45, 7) is 1.36. The first-order chi connectivity index (χ1) is 10.1. The topological polar surface area (TPSA) is 81.4 Å². The number of hydrogen-bond acceptors (Lipinski definition) is 5. The maximum absolute atomic E-state index is 12.3. The van der Waals surface area contributed by atoms with E-state index in [2.05, 4.69) is 4.90 Å². The molecule has 2 rings (SSSR count). The van der Waals surface area contributed by atoms with Crippen molar-refractivity contribution in [2.45, 2.75) is 30.2 Å². The van der Waals surface area contributed by atoms with E-state index in [0.29, 0.717) is 12.1 Å². The van der Waals surface area contributed by atoms with Crippen LogP contribution in [0.5, 0.6) is 0 Å². The van der Waals surface area contributed by atoms with Gasteiger partial charge in [0.05, 0.1) is 28.9 Å². The van der Waals surface area contributed by atoms with Gasteiger partial charge in [-0.05, 0) is 43.7 Å². The number of sulfone groups is 1. The number of piperidine rings is 1. The molecule has 0 aliphatic carbocycles.